The first-order valence-electron chi connectivity index (χ1n) is 21.1. The fourth-order valence-corrected chi connectivity index (χ4v) is 6.28. The van der Waals surface area contributed by atoms with E-state index in [1.807, 2.05) is 0 Å². The number of halogens is 1. The molecule has 50 heavy (non-hydrogen) atoms. The maximum atomic E-state index is 6.23. The Morgan fingerprint density at radius 3 is 1.04 bits per heavy atom. The molecule has 0 saturated carbocycles. The molecule has 0 saturated heterocycles. The highest BCUT2D eigenvalue weighted by molar-refractivity contribution is 9.09. The Bertz CT molecular complexity index is 761. The molecule has 1 aromatic carbocycles. The maximum Gasteiger partial charge on any atom is 0.123 e. The van der Waals surface area contributed by atoms with Crippen LogP contribution in [-0.4, -0.2) is 64.8 Å². The number of unbranched alkanes of at least 4 members (excludes halogenated alkanes) is 22. The van der Waals surface area contributed by atoms with Crippen LogP contribution in [0.2, 0.25) is 0 Å². The molecule has 6 nitrogen and oxygen atoms in total. The zero-order valence-corrected chi connectivity index (χ0v) is 34.4. The van der Waals surface area contributed by atoms with Gasteiger partial charge in [-0.1, -0.05) is 171 Å². The van der Waals surface area contributed by atoms with Crippen LogP contribution >= 0.6 is 15.9 Å². The number of rotatable bonds is 41. The molecule has 0 aliphatic rings. The lowest BCUT2D eigenvalue weighted by Gasteiger charge is -2.13. The molecular weight excluding hydrogens is 692 g/mol. The molecule has 1 rings (SSSR count). The maximum absolute atomic E-state index is 6.23. The molecule has 0 radical (unpaired) electrons. The van der Waals surface area contributed by atoms with Crippen LogP contribution in [0, 0.1) is 0 Å². The number of benzene rings is 1. The molecule has 1 aromatic rings. The third-order valence-electron chi connectivity index (χ3n) is 9.08. The Balaban J connectivity index is 2.30. The van der Waals surface area contributed by atoms with E-state index in [0.29, 0.717) is 52.9 Å². The Labute approximate surface area is 317 Å². The van der Waals surface area contributed by atoms with Crippen molar-refractivity contribution < 1.29 is 28.4 Å². The molecule has 0 atom stereocenters. The van der Waals surface area contributed by atoms with Crippen molar-refractivity contribution in [3.63, 3.8) is 0 Å². The van der Waals surface area contributed by atoms with Gasteiger partial charge in [0, 0.05) is 11.4 Å². The van der Waals surface area contributed by atoms with Crippen LogP contribution in [0.4, 0.5) is 0 Å². The summed E-state index contributed by atoms with van der Waals surface area (Å²) in [4.78, 5) is 0. The van der Waals surface area contributed by atoms with E-state index in [1.54, 1.807) is 0 Å². The van der Waals surface area contributed by atoms with Crippen LogP contribution in [0.15, 0.2) is 18.2 Å². The van der Waals surface area contributed by atoms with Crippen LogP contribution in [0.3, 0.4) is 0 Å². The molecule has 0 fully saturated rings. The van der Waals surface area contributed by atoms with Crippen LogP contribution < -0.4 is 9.47 Å². The van der Waals surface area contributed by atoms with Crippen molar-refractivity contribution in [2.75, 3.05) is 64.8 Å². The molecule has 0 aliphatic carbocycles. The summed E-state index contributed by atoms with van der Waals surface area (Å²) in [5.41, 5.74) is 1.08. The number of ether oxygens (including phenoxy) is 6. The molecule has 0 spiro atoms. The lowest BCUT2D eigenvalue weighted by atomic mass is 10.1. The number of hydrogen-bond acceptors (Lipinski definition) is 6. The van der Waals surface area contributed by atoms with Gasteiger partial charge in [-0.3, -0.25) is 0 Å². The normalized spacial score (nSPS) is 11.4. The van der Waals surface area contributed by atoms with Crippen molar-refractivity contribution in [3.05, 3.63) is 23.8 Å². The van der Waals surface area contributed by atoms with Gasteiger partial charge in [0.2, 0.25) is 0 Å². The van der Waals surface area contributed by atoms with E-state index in [9.17, 15) is 0 Å². The summed E-state index contributed by atoms with van der Waals surface area (Å²) >= 11 is 3.35. The topological polar surface area (TPSA) is 55.4 Å². The predicted octanol–water partition coefficient (Wildman–Crippen LogP) is 12.8. The van der Waals surface area contributed by atoms with E-state index < -0.39 is 0 Å². The molecule has 0 unspecified atom stereocenters. The summed E-state index contributed by atoms with van der Waals surface area (Å²) in [6.45, 7) is 10.7. The Kier molecular flexibility index (Phi) is 37.1. The summed E-state index contributed by atoms with van der Waals surface area (Å²) in [5, 5.41) is 0.848. The largest absolute Gasteiger partial charge is 0.493 e. The van der Waals surface area contributed by atoms with Crippen molar-refractivity contribution in [1.29, 1.82) is 0 Å². The van der Waals surface area contributed by atoms with Gasteiger partial charge in [0.05, 0.1) is 66.1 Å². The highest BCUT2D eigenvalue weighted by Gasteiger charge is 2.06. The van der Waals surface area contributed by atoms with Crippen molar-refractivity contribution >= 4 is 15.9 Å². The highest BCUT2D eigenvalue weighted by atomic mass is 79.9. The summed E-state index contributed by atoms with van der Waals surface area (Å²) in [6, 6.07) is 6.26. The molecule has 0 aliphatic heterocycles. The predicted molar refractivity (Wildman–Crippen MR) is 215 cm³/mol. The minimum atomic E-state index is 0.509. The quantitative estimate of drug-likeness (QED) is 0.0488. The Morgan fingerprint density at radius 1 is 0.360 bits per heavy atom. The van der Waals surface area contributed by atoms with E-state index in [0.717, 1.165) is 48.4 Å². The molecule has 7 heteroatoms. The zero-order chi connectivity index (χ0) is 35.8. The summed E-state index contributed by atoms with van der Waals surface area (Å²) < 4.78 is 35.0. The second kappa shape index (κ2) is 39.3. The van der Waals surface area contributed by atoms with Crippen molar-refractivity contribution in [3.8, 4) is 11.5 Å². The van der Waals surface area contributed by atoms with Crippen LogP contribution in [-0.2, 0) is 25.6 Å². The Hall–Kier alpha value is -0.860. The molecule has 294 valence electrons. The summed E-state index contributed by atoms with van der Waals surface area (Å²) in [6.07, 6.45) is 32.3. The van der Waals surface area contributed by atoms with Crippen LogP contribution in [0.25, 0.3) is 0 Å². The van der Waals surface area contributed by atoms with Gasteiger partial charge in [-0.05, 0) is 30.5 Å². The molecule has 0 heterocycles. The van der Waals surface area contributed by atoms with Gasteiger partial charge < -0.3 is 28.4 Å². The Morgan fingerprint density at radius 2 is 0.680 bits per heavy atom. The van der Waals surface area contributed by atoms with Crippen LogP contribution in [0.1, 0.15) is 174 Å². The van der Waals surface area contributed by atoms with Gasteiger partial charge in [0.15, 0.2) is 0 Å². The second-order valence-electron chi connectivity index (χ2n) is 13.9. The van der Waals surface area contributed by atoms with Gasteiger partial charge in [0.25, 0.3) is 0 Å². The van der Waals surface area contributed by atoms with Crippen molar-refractivity contribution in [2.45, 2.75) is 175 Å². The number of alkyl halides is 1. The van der Waals surface area contributed by atoms with E-state index in [2.05, 4.69) is 48.0 Å². The smallest absolute Gasteiger partial charge is 0.123 e. The monoisotopic (exact) mass is 771 g/mol. The van der Waals surface area contributed by atoms with E-state index in [-0.39, 0.29) is 0 Å². The van der Waals surface area contributed by atoms with E-state index >= 15 is 0 Å². The third-order valence-corrected chi connectivity index (χ3v) is 9.40. The van der Waals surface area contributed by atoms with Crippen molar-refractivity contribution in [2.24, 2.45) is 0 Å². The first-order chi connectivity index (χ1) is 24.8. The number of hydrogen-bond donors (Lipinski definition) is 0. The third kappa shape index (κ3) is 33.0. The highest BCUT2D eigenvalue weighted by Crippen LogP contribution is 2.25. The second-order valence-corrected chi connectivity index (χ2v) is 14.7. The average Bonchev–Trinajstić information content (AvgIpc) is 3.12. The zero-order valence-electron chi connectivity index (χ0n) is 32.8. The first kappa shape index (κ1) is 47.2. The summed E-state index contributed by atoms with van der Waals surface area (Å²) in [7, 11) is 0. The first-order valence-corrected chi connectivity index (χ1v) is 22.2. The fraction of sp³-hybridized carbons (Fsp3) is 0.860. The molecular formula is C43H79BrO6. The molecule has 0 bridgehead atoms. The SMILES string of the molecule is CCCCCCCCCCCCCCOc1cc(COCCOCCOCCOCCBr)cc(OCCCCCCCCCCCCCC)c1. The molecule has 0 aromatic heterocycles. The standard InChI is InChI=1S/C43H79BrO6/c1-3-5-7-9-11-13-15-17-19-21-23-25-28-49-42-37-41(40-48-36-35-47-34-33-46-32-31-45-30-27-44)38-43(39-42)50-29-26-24-22-20-18-16-14-12-10-8-6-4-2/h37-39H,3-36,40H2,1-2H3. The van der Waals surface area contributed by atoms with Gasteiger partial charge in [-0.25, -0.2) is 0 Å². The van der Waals surface area contributed by atoms with E-state index in [1.165, 1.54) is 141 Å². The van der Waals surface area contributed by atoms with Gasteiger partial charge >= 0.3 is 0 Å². The van der Waals surface area contributed by atoms with Gasteiger partial charge in [-0.15, -0.1) is 0 Å². The van der Waals surface area contributed by atoms with Crippen LogP contribution in [0.5, 0.6) is 11.5 Å². The minimum Gasteiger partial charge on any atom is -0.493 e. The lowest BCUT2D eigenvalue weighted by molar-refractivity contribution is -0.00264. The van der Waals surface area contributed by atoms with Gasteiger partial charge in [-0.2, -0.15) is 0 Å². The average molecular weight is 772 g/mol. The van der Waals surface area contributed by atoms with Crippen molar-refractivity contribution in [1.82, 2.24) is 0 Å². The lowest BCUT2D eigenvalue weighted by Crippen LogP contribution is -2.12. The summed E-state index contributed by atoms with van der Waals surface area (Å²) in [5.74, 6) is 1.76. The van der Waals surface area contributed by atoms with Gasteiger partial charge in [0.1, 0.15) is 11.5 Å². The van der Waals surface area contributed by atoms with E-state index in [4.69, 9.17) is 28.4 Å². The molecule has 0 amide bonds. The fourth-order valence-electron chi connectivity index (χ4n) is 6.05. The molecule has 0 N–H and O–H groups in total. The minimum absolute atomic E-state index is 0.509.